The van der Waals surface area contributed by atoms with Gasteiger partial charge in [0.2, 0.25) is 10.0 Å². The van der Waals surface area contributed by atoms with Crippen LogP contribution >= 0.6 is 22.9 Å². The number of aromatic nitrogens is 2. The highest BCUT2D eigenvalue weighted by atomic mass is 35.5. The average Bonchev–Trinajstić information content (AvgIpc) is 2.92. The standard InChI is InChI=1S/C12H16ClN3O2S2/c1-9-8-10(2)16(15-9)7-3-6-14-20(17,18)12-5-4-11(13)19-12/h4-5,8,14H,3,6-7H2,1-2H3. The summed E-state index contributed by atoms with van der Waals surface area (Å²) < 4.78 is 29.1. The SMILES string of the molecule is Cc1cc(C)n(CCCNS(=O)(=O)c2ccc(Cl)s2)n1. The second kappa shape index (κ2) is 6.26. The smallest absolute Gasteiger partial charge is 0.250 e. The summed E-state index contributed by atoms with van der Waals surface area (Å²) in [5.41, 5.74) is 2.05. The van der Waals surface area contributed by atoms with Gasteiger partial charge in [-0.25, -0.2) is 13.1 Å². The van der Waals surface area contributed by atoms with E-state index in [4.69, 9.17) is 11.6 Å². The molecule has 0 aliphatic rings. The Morgan fingerprint density at radius 2 is 2.15 bits per heavy atom. The molecule has 2 aromatic rings. The van der Waals surface area contributed by atoms with Crippen LogP contribution in [0.25, 0.3) is 0 Å². The molecule has 8 heteroatoms. The van der Waals surface area contributed by atoms with Crippen LogP contribution < -0.4 is 4.72 Å². The van der Waals surface area contributed by atoms with Crippen molar-refractivity contribution in [3.63, 3.8) is 0 Å². The summed E-state index contributed by atoms with van der Waals surface area (Å²) in [6.45, 7) is 4.98. The lowest BCUT2D eigenvalue weighted by Gasteiger charge is -2.06. The molecule has 0 radical (unpaired) electrons. The van der Waals surface area contributed by atoms with Crippen molar-refractivity contribution in [2.75, 3.05) is 6.54 Å². The van der Waals surface area contributed by atoms with Gasteiger partial charge in [0, 0.05) is 18.8 Å². The maximum absolute atomic E-state index is 11.9. The van der Waals surface area contributed by atoms with Crippen molar-refractivity contribution in [3.8, 4) is 0 Å². The van der Waals surface area contributed by atoms with Crippen molar-refractivity contribution < 1.29 is 8.42 Å². The van der Waals surface area contributed by atoms with Crippen molar-refractivity contribution in [2.24, 2.45) is 0 Å². The second-order valence-electron chi connectivity index (χ2n) is 4.46. The van der Waals surface area contributed by atoms with E-state index in [1.807, 2.05) is 24.6 Å². The normalized spacial score (nSPS) is 11.9. The number of sulfonamides is 1. The predicted molar refractivity (Wildman–Crippen MR) is 80.8 cm³/mol. The zero-order valence-electron chi connectivity index (χ0n) is 11.3. The Hall–Kier alpha value is -0.890. The molecule has 5 nitrogen and oxygen atoms in total. The van der Waals surface area contributed by atoms with Crippen molar-refractivity contribution >= 4 is 33.0 Å². The molecule has 0 aliphatic heterocycles. The van der Waals surface area contributed by atoms with E-state index in [-0.39, 0.29) is 4.21 Å². The first-order valence-electron chi connectivity index (χ1n) is 6.14. The molecule has 0 bridgehead atoms. The minimum atomic E-state index is -3.44. The minimum absolute atomic E-state index is 0.244. The van der Waals surface area contributed by atoms with Gasteiger partial charge in [0.1, 0.15) is 4.21 Å². The van der Waals surface area contributed by atoms with Crippen LogP contribution in [-0.2, 0) is 16.6 Å². The topological polar surface area (TPSA) is 64.0 Å². The van der Waals surface area contributed by atoms with Gasteiger partial charge in [-0.3, -0.25) is 4.68 Å². The monoisotopic (exact) mass is 333 g/mol. The van der Waals surface area contributed by atoms with E-state index in [1.165, 1.54) is 6.07 Å². The summed E-state index contributed by atoms with van der Waals surface area (Å²) in [6.07, 6.45) is 0.681. The largest absolute Gasteiger partial charge is 0.270 e. The van der Waals surface area contributed by atoms with Gasteiger partial charge in [-0.2, -0.15) is 5.10 Å². The lowest BCUT2D eigenvalue weighted by molar-refractivity contribution is 0.545. The van der Waals surface area contributed by atoms with Gasteiger partial charge in [-0.05, 0) is 38.5 Å². The summed E-state index contributed by atoms with van der Waals surface area (Å²) in [5, 5.41) is 4.33. The molecule has 2 heterocycles. The van der Waals surface area contributed by atoms with E-state index in [9.17, 15) is 8.42 Å². The summed E-state index contributed by atoms with van der Waals surface area (Å²) in [7, 11) is -3.44. The van der Waals surface area contributed by atoms with E-state index >= 15 is 0 Å². The molecule has 0 aromatic carbocycles. The van der Waals surface area contributed by atoms with Crippen molar-refractivity contribution in [1.29, 1.82) is 0 Å². The predicted octanol–water partition coefficient (Wildman–Crippen LogP) is 2.58. The molecule has 0 atom stereocenters. The molecule has 0 saturated heterocycles. The van der Waals surface area contributed by atoms with Crippen LogP contribution in [0.2, 0.25) is 4.34 Å². The molecule has 0 spiro atoms. The van der Waals surface area contributed by atoms with Crippen LogP contribution in [0.5, 0.6) is 0 Å². The highest BCUT2D eigenvalue weighted by Crippen LogP contribution is 2.25. The van der Waals surface area contributed by atoms with Gasteiger partial charge in [0.15, 0.2) is 0 Å². The van der Waals surface area contributed by atoms with Gasteiger partial charge in [-0.15, -0.1) is 11.3 Å². The van der Waals surface area contributed by atoms with Crippen LogP contribution in [0, 0.1) is 13.8 Å². The van der Waals surface area contributed by atoms with Gasteiger partial charge in [0.25, 0.3) is 0 Å². The van der Waals surface area contributed by atoms with Crippen LogP contribution in [0.4, 0.5) is 0 Å². The molecule has 1 N–H and O–H groups in total. The second-order valence-corrected chi connectivity index (χ2v) is 8.17. The fourth-order valence-electron chi connectivity index (χ4n) is 1.85. The quantitative estimate of drug-likeness (QED) is 0.826. The zero-order valence-corrected chi connectivity index (χ0v) is 13.6. The molecule has 20 heavy (non-hydrogen) atoms. The van der Waals surface area contributed by atoms with E-state index in [1.54, 1.807) is 6.07 Å². The highest BCUT2D eigenvalue weighted by Gasteiger charge is 2.15. The average molecular weight is 334 g/mol. The highest BCUT2D eigenvalue weighted by molar-refractivity contribution is 7.91. The Labute approximate surface area is 127 Å². The summed E-state index contributed by atoms with van der Waals surface area (Å²) >= 11 is 6.79. The first kappa shape index (κ1) is 15.5. The lowest BCUT2D eigenvalue weighted by atomic mass is 10.4. The number of rotatable bonds is 6. The van der Waals surface area contributed by atoms with Crippen LogP contribution in [-0.4, -0.2) is 24.7 Å². The Balaban J connectivity index is 1.85. The number of hydrogen-bond acceptors (Lipinski definition) is 4. The summed E-state index contributed by atoms with van der Waals surface area (Å²) in [5.74, 6) is 0. The fourth-order valence-corrected chi connectivity index (χ4v) is 4.45. The van der Waals surface area contributed by atoms with Crippen LogP contribution in [0.3, 0.4) is 0 Å². The third kappa shape index (κ3) is 3.82. The number of aryl methyl sites for hydroxylation is 3. The first-order valence-corrected chi connectivity index (χ1v) is 8.82. The molecular formula is C12H16ClN3O2S2. The third-order valence-electron chi connectivity index (χ3n) is 2.76. The molecule has 0 aliphatic carbocycles. The van der Waals surface area contributed by atoms with Gasteiger partial charge in [-0.1, -0.05) is 11.6 Å². The maximum Gasteiger partial charge on any atom is 0.250 e. The Kier molecular flexibility index (Phi) is 4.85. The van der Waals surface area contributed by atoms with Gasteiger partial charge in [0.05, 0.1) is 10.0 Å². The fraction of sp³-hybridized carbons (Fsp3) is 0.417. The molecule has 0 amide bonds. The summed E-state index contributed by atoms with van der Waals surface area (Å²) in [4.78, 5) is 0. The van der Waals surface area contributed by atoms with E-state index in [0.717, 1.165) is 22.7 Å². The van der Waals surface area contributed by atoms with Crippen LogP contribution in [0.15, 0.2) is 22.4 Å². The number of nitrogens with one attached hydrogen (secondary N) is 1. The van der Waals surface area contributed by atoms with E-state index in [2.05, 4.69) is 9.82 Å². The molecule has 0 saturated carbocycles. The molecule has 0 unspecified atom stereocenters. The van der Waals surface area contributed by atoms with Crippen LogP contribution in [0.1, 0.15) is 17.8 Å². The molecule has 2 aromatic heterocycles. The maximum atomic E-state index is 11.9. The Bertz CT molecular complexity index is 691. The molecule has 110 valence electrons. The Morgan fingerprint density at radius 3 is 2.70 bits per heavy atom. The van der Waals surface area contributed by atoms with Crippen molar-refractivity contribution in [1.82, 2.24) is 14.5 Å². The lowest BCUT2D eigenvalue weighted by Crippen LogP contribution is -2.25. The van der Waals surface area contributed by atoms with Crippen molar-refractivity contribution in [2.45, 2.75) is 31.0 Å². The van der Waals surface area contributed by atoms with E-state index in [0.29, 0.717) is 23.8 Å². The van der Waals surface area contributed by atoms with Gasteiger partial charge < -0.3 is 0 Å². The molecule has 2 rings (SSSR count). The molecular weight excluding hydrogens is 318 g/mol. The third-order valence-corrected chi connectivity index (χ3v) is 5.94. The minimum Gasteiger partial charge on any atom is -0.270 e. The molecule has 0 fully saturated rings. The van der Waals surface area contributed by atoms with Crippen molar-refractivity contribution in [3.05, 3.63) is 33.9 Å². The summed E-state index contributed by atoms with van der Waals surface area (Å²) in [6, 6.07) is 5.09. The number of nitrogens with zero attached hydrogens (tertiary/aromatic N) is 2. The van der Waals surface area contributed by atoms with Gasteiger partial charge >= 0.3 is 0 Å². The zero-order chi connectivity index (χ0) is 14.8. The first-order chi connectivity index (χ1) is 9.38. The number of halogens is 1. The van der Waals surface area contributed by atoms with E-state index < -0.39 is 10.0 Å². The number of hydrogen-bond donors (Lipinski definition) is 1. The number of thiophene rings is 1. The Morgan fingerprint density at radius 1 is 1.40 bits per heavy atom.